The van der Waals surface area contributed by atoms with Crippen molar-refractivity contribution >= 4 is 41.1 Å². The van der Waals surface area contributed by atoms with Gasteiger partial charge in [0.15, 0.2) is 6.61 Å². The van der Waals surface area contributed by atoms with Crippen LogP contribution in [0.4, 0.5) is 5.82 Å². The van der Waals surface area contributed by atoms with Crippen LogP contribution in [0.3, 0.4) is 0 Å². The summed E-state index contributed by atoms with van der Waals surface area (Å²) in [6.45, 7) is 1.11. The van der Waals surface area contributed by atoms with Gasteiger partial charge in [-0.05, 0) is 30.7 Å². The van der Waals surface area contributed by atoms with Gasteiger partial charge in [-0.1, -0.05) is 41.9 Å². The van der Waals surface area contributed by atoms with Crippen molar-refractivity contribution in [3.63, 3.8) is 0 Å². The molecule has 2 aromatic carbocycles. The van der Waals surface area contributed by atoms with Crippen molar-refractivity contribution < 1.29 is 23.9 Å². The standard InChI is InChI=1S/C23H19ClN4O5/c1-14(28-21(30)16-7-3-4-8-17(16)22(28)31)23(32)33-13-20(29)26-19-10-11-25-27(19)12-15-6-2-5-9-18(15)24/h2-11,14H,12-13H2,1H3,(H,26,29). The Morgan fingerprint density at radius 1 is 1.03 bits per heavy atom. The molecule has 0 aliphatic carbocycles. The number of amides is 3. The molecule has 0 saturated carbocycles. The smallest absolute Gasteiger partial charge is 0.329 e. The normalized spacial score (nSPS) is 13.6. The van der Waals surface area contributed by atoms with Gasteiger partial charge in [-0.3, -0.25) is 19.3 Å². The van der Waals surface area contributed by atoms with Crippen molar-refractivity contribution in [3.05, 3.63) is 82.5 Å². The van der Waals surface area contributed by atoms with E-state index in [4.69, 9.17) is 16.3 Å². The fraction of sp³-hybridized carbons (Fsp3) is 0.174. The van der Waals surface area contributed by atoms with Gasteiger partial charge in [0.25, 0.3) is 17.7 Å². The summed E-state index contributed by atoms with van der Waals surface area (Å²) in [6.07, 6.45) is 1.52. The Labute approximate surface area is 193 Å². The second-order valence-electron chi connectivity index (χ2n) is 7.32. The van der Waals surface area contributed by atoms with Crippen LogP contribution in [0.1, 0.15) is 33.2 Å². The van der Waals surface area contributed by atoms with Gasteiger partial charge in [-0.15, -0.1) is 0 Å². The van der Waals surface area contributed by atoms with Crippen LogP contribution in [0.25, 0.3) is 0 Å². The molecule has 33 heavy (non-hydrogen) atoms. The number of nitrogens with zero attached hydrogens (tertiary/aromatic N) is 3. The van der Waals surface area contributed by atoms with Crippen molar-refractivity contribution in [2.75, 3.05) is 11.9 Å². The van der Waals surface area contributed by atoms with E-state index in [1.54, 1.807) is 28.9 Å². The number of aromatic nitrogens is 2. The molecule has 1 aliphatic rings. The first-order valence-corrected chi connectivity index (χ1v) is 10.4. The summed E-state index contributed by atoms with van der Waals surface area (Å²) in [5.41, 5.74) is 1.28. The minimum absolute atomic E-state index is 0.228. The van der Waals surface area contributed by atoms with E-state index < -0.39 is 36.3 Å². The molecule has 0 bridgehead atoms. The van der Waals surface area contributed by atoms with Gasteiger partial charge in [-0.2, -0.15) is 5.10 Å². The SMILES string of the molecule is CC(C(=O)OCC(=O)Nc1ccnn1Cc1ccccc1Cl)N1C(=O)c2ccccc2C1=O. The number of hydrogen-bond donors (Lipinski definition) is 1. The molecule has 1 atom stereocenters. The van der Waals surface area contributed by atoms with E-state index in [-0.39, 0.29) is 11.1 Å². The number of carbonyl (C=O) groups excluding carboxylic acids is 4. The highest BCUT2D eigenvalue weighted by molar-refractivity contribution is 6.31. The maximum atomic E-state index is 12.5. The third kappa shape index (κ3) is 4.49. The molecule has 4 rings (SSSR count). The second kappa shape index (κ2) is 9.25. The van der Waals surface area contributed by atoms with Crippen molar-refractivity contribution in [2.45, 2.75) is 19.5 Å². The van der Waals surface area contributed by atoms with Crippen LogP contribution in [0.2, 0.25) is 5.02 Å². The van der Waals surface area contributed by atoms with E-state index >= 15 is 0 Å². The molecular weight excluding hydrogens is 448 g/mol. The summed E-state index contributed by atoms with van der Waals surface area (Å²) in [4.78, 5) is 50.6. The quantitative estimate of drug-likeness (QED) is 0.423. The van der Waals surface area contributed by atoms with Crippen LogP contribution >= 0.6 is 11.6 Å². The van der Waals surface area contributed by atoms with E-state index in [0.717, 1.165) is 10.5 Å². The maximum Gasteiger partial charge on any atom is 0.329 e. The van der Waals surface area contributed by atoms with Crippen molar-refractivity contribution in [1.82, 2.24) is 14.7 Å². The van der Waals surface area contributed by atoms with E-state index in [0.29, 0.717) is 17.4 Å². The molecule has 168 valence electrons. The first-order chi connectivity index (χ1) is 15.9. The number of anilines is 1. The fourth-order valence-electron chi connectivity index (χ4n) is 3.45. The minimum atomic E-state index is -1.18. The highest BCUT2D eigenvalue weighted by Crippen LogP contribution is 2.25. The Kier molecular flexibility index (Phi) is 6.23. The highest BCUT2D eigenvalue weighted by Gasteiger charge is 2.41. The summed E-state index contributed by atoms with van der Waals surface area (Å²) < 4.78 is 6.60. The van der Waals surface area contributed by atoms with Crippen molar-refractivity contribution in [3.8, 4) is 0 Å². The van der Waals surface area contributed by atoms with E-state index in [1.807, 2.05) is 18.2 Å². The van der Waals surface area contributed by atoms with E-state index in [9.17, 15) is 19.2 Å². The molecular formula is C23H19ClN4O5. The Hall–Kier alpha value is -3.98. The summed E-state index contributed by atoms with van der Waals surface area (Å²) in [6, 6.07) is 14.0. The summed E-state index contributed by atoms with van der Waals surface area (Å²) in [5.74, 6) is -2.23. The number of ether oxygens (including phenoxy) is 1. The van der Waals surface area contributed by atoms with Crippen molar-refractivity contribution in [1.29, 1.82) is 0 Å². The number of carbonyl (C=O) groups is 4. The number of esters is 1. The lowest BCUT2D eigenvalue weighted by atomic mass is 10.1. The summed E-state index contributed by atoms with van der Waals surface area (Å²) >= 11 is 6.18. The van der Waals surface area contributed by atoms with Gasteiger partial charge < -0.3 is 10.1 Å². The largest absolute Gasteiger partial charge is 0.454 e. The summed E-state index contributed by atoms with van der Waals surface area (Å²) in [5, 5.41) is 7.36. The number of imide groups is 1. The van der Waals surface area contributed by atoms with Crippen LogP contribution in [-0.2, 0) is 20.9 Å². The van der Waals surface area contributed by atoms with Crippen LogP contribution < -0.4 is 5.32 Å². The Balaban J connectivity index is 1.34. The lowest BCUT2D eigenvalue weighted by Gasteiger charge is -2.20. The van der Waals surface area contributed by atoms with Gasteiger partial charge in [0.05, 0.1) is 23.9 Å². The molecule has 2 heterocycles. The van der Waals surface area contributed by atoms with Gasteiger partial charge >= 0.3 is 5.97 Å². The van der Waals surface area contributed by atoms with Gasteiger partial charge in [0.2, 0.25) is 0 Å². The molecule has 0 fully saturated rings. The van der Waals surface area contributed by atoms with Crippen LogP contribution in [-0.4, -0.2) is 51.0 Å². The minimum Gasteiger partial charge on any atom is -0.454 e. The van der Waals surface area contributed by atoms with Crippen LogP contribution in [0.5, 0.6) is 0 Å². The fourth-order valence-corrected chi connectivity index (χ4v) is 3.65. The zero-order valence-corrected chi connectivity index (χ0v) is 18.3. The molecule has 1 aromatic heterocycles. The first kappa shape index (κ1) is 22.2. The molecule has 1 aliphatic heterocycles. The molecule has 0 spiro atoms. The number of benzene rings is 2. The molecule has 9 nitrogen and oxygen atoms in total. The maximum absolute atomic E-state index is 12.5. The first-order valence-electron chi connectivity index (χ1n) is 10.1. The summed E-state index contributed by atoms with van der Waals surface area (Å²) in [7, 11) is 0. The zero-order valence-electron chi connectivity index (χ0n) is 17.5. The Morgan fingerprint density at radius 3 is 2.33 bits per heavy atom. The molecule has 3 amide bonds. The number of hydrogen-bond acceptors (Lipinski definition) is 6. The molecule has 1 unspecified atom stereocenters. The van der Waals surface area contributed by atoms with Crippen LogP contribution in [0.15, 0.2) is 60.8 Å². The van der Waals surface area contributed by atoms with Gasteiger partial charge in [-0.25, -0.2) is 9.48 Å². The van der Waals surface area contributed by atoms with Crippen LogP contribution in [0, 0.1) is 0 Å². The molecule has 0 saturated heterocycles. The predicted molar refractivity (Wildman–Crippen MR) is 119 cm³/mol. The zero-order chi connectivity index (χ0) is 23.5. The second-order valence-corrected chi connectivity index (χ2v) is 7.73. The average molecular weight is 467 g/mol. The van der Waals surface area contributed by atoms with Gasteiger partial charge in [0.1, 0.15) is 11.9 Å². The lowest BCUT2D eigenvalue weighted by molar-refractivity contribution is -0.150. The number of halogens is 1. The van der Waals surface area contributed by atoms with E-state index in [2.05, 4.69) is 10.4 Å². The molecule has 10 heteroatoms. The number of nitrogens with one attached hydrogen (secondary N) is 1. The third-order valence-electron chi connectivity index (χ3n) is 5.16. The lowest BCUT2D eigenvalue weighted by Crippen LogP contribution is -2.44. The molecule has 3 aromatic rings. The Bertz CT molecular complexity index is 1220. The molecule has 0 radical (unpaired) electrons. The highest BCUT2D eigenvalue weighted by atomic mass is 35.5. The topological polar surface area (TPSA) is 111 Å². The molecule has 1 N–H and O–H groups in total. The van der Waals surface area contributed by atoms with Crippen molar-refractivity contribution in [2.24, 2.45) is 0 Å². The number of rotatable bonds is 7. The van der Waals surface area contributed by atoms with Gasteiger partial charge in [0, 0.05) is 11.1 Å². The predicted octanol–water partition coefficient (Wildman–Crippen LogP) is 2.75. The Morgan fingerprint density at radius 2 is 1.67 bits per heavy atom. The number of fused-ring (bicyclic) bond motifs is 1. The third-order valence-corrected chi connectivity index (χ3v) is 5.53. The average Bonchev–Trinajstić information content (AvgIpc) is 3.35. The monoisotopic (exact) mass is 466 g/mol. The van der Waals surface area contributed by atoms with E-state index in [1.165, 1.54) is 25.3 Å².